The number of Topliss-reactive ketones (excluding diaryl/α,β-unsaturated/α-hetero) is 3. The fourth-order valence-corrected chi connectivity index (χ4v) is 7.16. The van der Waals surface area contributed by atoms with E-state index in [1.807, 2.05) is 91.6 Å². The molecule has 2 aliphatic heterocycles. The Morgan fingerprint density at radius 2 is 1.40 bits per heavy atom. The fourth-order valence-electron chi connectivity index (χ4n) is 6.98. The van der Waals surface area contributed by atoms with Crippen LogP contribution in [0.3, 0.4) is 0 Å². The van der Waals surface area contributed by atoms with Crippen LogP contribution in [-0.4, -0.2) is 29.4 Å². The highest BCUT2D eigenvalue weighted by Gasteiger charge is 2.71. The molecule has 1 aliphatic carbocycles. The van der Waals surface area contributed by atoms with Crippen molar-refractivity contribution in [2.45, 2.75) is 31.8 Å². The zero-order valence-electron chi connectivity index (χ0n) is 22.1. The third-order valence-electron chi connectivity index (χ3n) is 8.81. The molecular formula is C35H26ClNO3. The number of halogens is 1. The van der Waals surface area contributed by atoms with E-state index in [4.69, 9.17) is 11.6 Å². The Labute approximate surface area is 237 Å². The van der Waals surface area contributed by atoms with E-state index < -0.39 is 23.4 Å². The van der Waals surface area contributed by atoms with E-state index in [9.17, 15) is 14.4 Å². The van der Waals surface area contributed by atoms with Gasteiger partial charge in [-0.25, -0.2) is 0 Å². The number of ketones is 3. The van der Waals surface area contributed by atoms with Crippen LogP contribution >= 0.6 is 11.6 Å². The van der Waals surface area contributed by atoms with Crippen molar-refractivity contribution in [1.29, 1.82) is 0 Å². The molecule has 1 unspecified atom stereocenters. The molecule has 3 aliphatic rings. The number of aryl methyl sites for hydroxylation is 2. The van der Waals surface area contributed by atoms with Gasteiger partial charge in [0.25, 0.3) is 0 Å². The van der Waals surface area contributed by atoms with Gasteiger partial charge in [0.2, 0.25) is 0 Å². The average molecular weight is 544 g/mol. The molecule has 7 rings (SSSR count). The van der Waals surface area contributed by atoms with Gasteiger partial charge in [-0.15, -0.1) is 0 Å². The van der Waals surface area contributed by atoms with Crippen LogP contribution < -0.4 is 4.90 Å². The van der Waals surface area contributed by atoms with Gasteiger partial charge < -0.3 is 4.90 Å². The normalized spacial score (nSPS) is 21.9. The second-order valence-electron chi connectivity index (χ2n) is 11.1. The van der Waals surface area contributed by atoms with Gasteiger partial charge in [-0.3, -0.25) is 14.4 Å². The van der Waals surface area contributed by atoms with Gasteiger partial charge in [-0.1, -0.05) is 108 Å². The smallest absolute Gasteiger partial charge is 0.185 e. The molecule has 0 aromatic heterocycles. The minimum Gasteiger partial charge on any atom is -0.352 e. The Morgan fingerprint density at radius 3 is 2.02 bits per heavy atom. The number of fused-ring (bicyclic) bond motifs is 5. The predicted molar refractivity (Wildman–Crippen MR) is 158 cm³/mol. The lowest BCUT2D eigenvalue weighted by Gasteiger charge is -2.37. The number of nitrogens with zero attached hydrogens (tertiary/aromatic N) is 1. The summed E-state index contributed by atoms with van der Waals surface area (Å²) in [5.74, 6) is -1.30. The summed E-state index contributed by atoms with van der Waals surface area (Å²) in [7, 11) is 0. The standard InChI is InChI=1S/C35H26ClNO3/c1-20-7-11-22(12-8-20)30-31(32(38)23-13-9-21(2)10-14-23)37-28-17-16-25(36)19-24(28)15-18-29(37)35(30)33(39)26-5-3-4-6-27(26)34(35)40/h3-19,29-31H,1-2H3/t29?,30-,31+/m0/s1. The van der Waals surface area contributed by atoms with Gasteiger partial charge in [0, 0.05) is 33.3 Å². The quantitative estimate of drug-likeness (QED) is 0.201. The number of rotatable bonds is 3. The average Bonchev–Trinajstić information content (AvgIpc) is 3.39. The Morgan fingerprint density at radius 1 is 0.800 bits per heavy atom. The Hall–Kier alpha value is -4.28. The first-order valence-corrected chi connectivity index (χ1v) is 13.8. The minimum atomic E-state index is -1.50. The fraction of sp³-hybridized carbons (Fsp3) is 0.171. The molecule has 1 fully saturated rings. The molecular weight excluding hydrogens is 518 g/mol. The summed E-state index contributed by atoms with van der Waals surface area (Å²) in [6.07, 6.45) is 3.85. The van der Waals surface area contributed by atoms with E-state index in [0.717, 1.165) is 27.9 Å². The second-order valence-corrected chi connectivity index (χ2v) is 11.5. The van der Waals surface area contributed by atoms with E-state index in [1.54, 1.807) is 30.3 Å². The molecule has 0 radical (unpaired) electrons. The number of hydrogen-bond acceptors (Lipinski definition) is 4. The molecule has 0 bridgehead atoms. The summed E-state index contributed by atoms with van der Waals surface area (Å²) in [6, 6.07) is 26.5. The van der Waals surface area contributed by atoms with Crippen LogP contribution in [0.25, 0.3) is 6.08 Å². The van der Waals surface area contributed by atoms with E-state index in [-0.39, 0.29) is 17.3 Å². The van der Waals surface area contributed by atoms with Gasteiger partial charge in [0.1, 0.15) is 11.5 Å². The molecule has 4 nitrogen and oxygen atoms in total. The van der Waals surface area contributed by atoms with Crippen molar-refractivity contribution in [2.24, 2.45) is 5.41 Å². The first-order chi connectivity index (χ1) is 19.3. The summed E-state index contributed by atoms with van der Waals surface area (Å²) >= 11 is 6.37. The number of benzene rings is 4. The van der Waals surface area contributed by atoms with Crippen molar-refractivity contribution in [3.63, 3.8) is 0 Å². The molecule has 2 heterocycles. The first kappa shape index (κ1) is 24.7. The van der Waals surface area contributed by atoms with Crippen LogP contribution in [0.2, 0.25) is 5.02 Å². The van der Waals surface area contributed by atoms with Gasteiger partial charge in [-0.05, 0) is 43.2 Å². The number of anilines is 1. The van der Waals surface area contributed by atoms with E-state index >= 15 is 0 Å². The second kappa shape index (κ2) is 8.87. The zero-order valence-corrected chi connectivity index (χ0v) is 22.9. The summed E-state index contributed by atoms with van der Waals surface area (Å²) in [5.41, 5.74) is 4.41. The lowest BCUT2D eigenvalue weighted by molar-refractivity contribution is 0.0666. The maximum absolute atomic E-state index is 14.7. The van der Waals surface area contributed by atoms with Crippen LogP contribution in [0.5, 0.6) is 0 Å². The topological polar surface area (TPSA) is 54.5 Å². The Kier molecular flexibility index (Phi) is 5.48. The largest absolute Gasteiger partial charge is 0.352 e. The van der Waals surface area contributed by atoms with Crippen LogP contribution in [0, 0.1) is 19.3 Å². The van der Waals surface area contributed by atoms with Crippen LogP contribution in [0.1, 0.15) is 59.2 Å². The lowest BCUT2D eigenvalue weighted by atomic mass is 9.64. The maximum Gasteiger partial charge on any atom is 0.185 e. The Bertz CT molecular complexity index is 1720. The molecule has 0 N–H and O–H groups in total. The maximum atomic E-state index is 14.7. The first-order valence-electron chi connectivity index (χ1n) is 13.4. The summed E-state index contributed by atoms with van der Waals surface area (Å²) in [6.45, 7) is 3.98. The number of hydrogen-bond donors (Lipinski definition) is 0. The summed E-state index contributed by atoms with van der Waals surface area (Å²) < 4.78 is 0. The zero-order chi connectivity index (χ0) is 27.8. The minimum absolute atomic E-state index is 0.125. The van der Waals surface area contributed by atoms with Gasteiger partial charge in [0.05, 0.1) is 6.04 Å². The molecule has 1 saturated heterocycles. The van der Waals surface area contributed by atoms with Crippen molar-refractivity contribution in [3.05, 3.63) is 141 Å². The molecule has 40 heavy (non-hydrogen) atoms. The molecule has 1 spiro atoms. The third-order valence-corrected chi connectivity index (χ3v) is 9.04. The third kappa shape index (κ3) is 3.29. The van der Waals surface area contributed by atoms with Gasteiger partial charge in [-0.2, -0.15) is 0 Å². The highest BCUT2D eigenvalue weighted by molar-refractivity contribution is 6.32. The van der Waals surface area contributed by atoms with Crippen LogP contribution in [0.15, 0.2) is 97.1 Å². The number of carbonyl (C=O) groups is 3. The highest BCUT2D eigenvalue weighted by atomic mass is 35.5. The molecule has 4 aromatic rings. The lowest BCUT2D eigenvalue weighted by Crippen LogP contribution is -2.48. The van der Waals surface area contributed by atoms with Crippen molar-refractivity contribution in [1.82, 2.24) is 0 Å². The molecule has 196 valence electrons. The van der Waals surface area contributed by atoms with E-state index in [2.05, 4.69) is 0 Å². The van der Waals surface area contributed by atoms with Crippen molar-refractivity contribution >= 4 is 40.7 Å². The van der Waals surface area contributed by atoms with Crippen molar-refractivity contribution in [3.8, 4) is 0 Å². The van der Waals surface area contributed by atoms with Gasteiger partial charge in [0.15, 0.2) is 17.3 Å². The van der Waals surface area contributed by atoms with Crippen molar-refractivity contribution in [2.75, 3.05) is 4.90 Å². The van der Waals surface area contributed by atoms with E-state index in [1.165, 1.54) is 0 Å². The van der Waals surface area contributed by atoms with Gasteiger partial charge >= 0.3 is 0 Å². The molecule has 0 saturated carbocycles. The highest BCUT2D eigenvalue weighted by Crippen LogP contribution is 2.61. The Balaban J connectivity index is 1.54. The summed E-state index contributed by atoms with van der Waals surface area (Å²) in [4.78, 5) is 45.9. The predicted octanol–water partition coefficient (Wildman–Crippen LogP) is 7.27. The molecule has 0 amide bonds. The van der Waals surface area contributed by atoms with E-state index in [0.29, 0.717) is 21.7 Å². The van der Waals surface area contributed by atoms with Crippen molar-refractivity contribution < 1.29 is 14.4 Å². The SMILES string of the molecule is Cc1ccc(C(=O)[C@H]2[C@H](c3ccc(C)cc3)C3(C(=O)c4ccccc4C3=O)C3C=Cc4cc(Cl)ccc4N32)cc1. The van der Waals surface area contributed by atoms with Crippen LogP contribution in [-0.2, 0) is 0 Å². The molecule has 3 atom stereocenters. The molecule has 4 aromatic carbocycles. The monoisotopic (exact) mass is 543 g/mol. The van der Waals surface area contributed by atoms with Crippen LogP contribution in [0.4, 0.5) is 5.69 Å². The number of carbonyl (C=O) groups excluding carboxylic acids is 3. The summed E-state index contributed by atoms with van der Waals surface area (Å²) in [5, 5.41) is 0.577. The molecule has 5 heteroatoms.